The number of rotatable bonds is 4. The van der Waals surface area contributed by atoms with Gasteiger partial charge in [-0.2, -0.15) is 4.31 Å². The summed E-state index contributed by atoms with van der Waals surface area (Å²) in [4.78, 5) is 11.7. The third-order valence-electron chi connectivity index (χ3n) is 5.00. The van der Waals surface area contributed by atoms with Crippen molar-refractivity contribution in [1.29, 1.82) is 0 Å². The largest absolute Gasteiger partial charge is 0.325 e. The summed E-state index contributed by atoms with van der Waals surface area (Å²) in [5, 5.41) is 3.23. The topological polar surface area (TPSA) is 66.5 Å². The molecule has 0 aliphatic carbocycles. The van der Waals surface area contributed by atoms with Gasteiger partial charge in [0.05, 0.1) is 11.7 Å². The summed E-state index contributed by atoms with van der Waals surface area (Å²) in [6.45, 7) is 3.63. The van der Waals surface area contributed by atoms with E-state index in [0.717, 1.165) is 30.4 Å². The Balaban J connectivity index is 2.11. The van der Waals surface area contributed by atoms with E-state index < -0.39 is 10.0 Å². The van der Waals surface area contributed by atoms with E-state index in [-0.39, 0.29) is 16.8 Å². The zero-order chi connectivity index (χ0) is 20.3. The Labute approximate surface area is 171 Å². The average Bonchev–Trinajstić information content (AvgIpc) is 2.89. The lowest BCUT2D eigenvalue weighted by Gasteiger charge is -2.31. The molecule has 28 heavy (non-hydrogen) atoms. The molecule has 150 valence electrons. The van der Waals surface area contributed by atoms with Crippen molar-refractivity contribution in [2.24, 2.45) is 0 Å². The van der Waals surface area contributed by atoms with E-state index in [1.54, 1.807) is 28.6 Å². The minimum Gasteiger partial charge on any atom is -0.325 e. The van der Waals surface area contributed by atoms with Gasteiger partial charge >= 0.3 is 0 Å². The van der Waals surface area contributed by atoms with Crippen molar-refractivity contribution in [2.75, 3.05) is 11.9 Å². The average molecular weight is 421 g/mol. The van der Waals surface area contributed by atoms with Crippen molar-refractivity contribution in [1.82, 2.24) is 4.31 Å². The molecule has 2 aromatic carbocycles. The van der Waals surface area contributed by atoms with Crippen LogP contribution >= 0.6 is 11.6 Å². The molecule has 1 saturated heterocycles. The highest BCUT2D eigenvalue weighted by molar-refractivity contribution is 7.89. The maximum absolute atomic E-state index is 13.7. The Morgan fingerprint density at radius 2 is 1.89 bits per heavy atom. The molecule has 3 rings (SSSR count). The standard InChI is InChI=1S/C21H25ClN2O3S/c1-15-11-12-19(23-16(2)25)21(14-15)28(26,27)24-13-7-3-4-10-20(24)17-8-5-6-9-18(17)22/h5-6,8-9,11-12,14,20H,3-4,7,10,13H2,1-2H3,(H,23,25)/t20-/m0/s1. The van der Waals surface area contributed by atoms with E-state index in [0.29, 0.717) is 23.7 Å². The number of amides is 1. The van der Waals surface area contributed by atoms with E-state index in [1.165, 1.54) is 6.92 Å². The van der Waals surface area contributed by atoms with E-state index in [2.05, 4.69) is 5.32 Å². The predicted molar refractivity (Wildman–Crippen MR) is 112 cm³/mol. The quantitative estimate of drug-likeness (QED) is 0.763. The first-order valence-corrected chi connectivity index (χ1v) is 11.3. The van der Waals surface area contributed by atoms with Gasteiger partial charge in [0.2, 0.25) is 15.9 Å². The highest BCUT2D eigenvalue weighted by atomic mass is 35.5. The number of halogens is 1. The van der Waals surface area contributed by atoms with Crippen LogP contribution in [0.1, 0.15) is 49.8 Å². The molecule has 0 aromatic heterocycles. The van der Waals surface area contributed by atoms with Gasteiger partial charge in [0.1, 0.15) is 4.90 Å². The number of carbonyl (C=O) groups is 1. The second-order valence-electron chi connectivity index (χ2n) is 7.18. The number of hydrogen-bond donors (Lipinski definition) is 1. The molecule has 1 fully saturated rings. The fourth-order valence-corrected chi connectivity index (χ4v) is 5.86. The molecular weight excluding hydrogens is 396 g/mol. The summed E-state index contributed by atoms with van der Waals surface area (Å²) < 4.78 is 29.0. The van der Waals surface area contributed by atoms with Gasteiger partial charge in [-0.1, -0.05) is 48.7 Å². The Morgan fingerprint density at radius 1 is 1.14 bits per heavy atom. The molecular formula is C21H25ClN2O3S. The van der Waals surface area contributed by atoms with Crippen LogP contribution in [0.3, 0.4) is 0 Å². The molecule has 1 aliphatic heterocycles. The summed E-state index contributed by atoms with van der Waals surface area (Å²) >= 11 is 6.42. The summed E-state index contributed by atoms with van der Waals surface area (Å²) in [5.41, 5.74) is 1.94. The van der Waals surface area contributed by atoms with Gasteiger partial charge in [0, 0.05) is 18.5 Å². The molecule has 1 amide bonds. The van der Waals surface area contributed by atoms with Crippen LogP contribution in [0, 0.1) is 6.92 Å². The number of sulfonamides is 1. The number of nitrogens with one attached hydrogen (secondary N) is 1. The Kier molecular flexibility index (Phi) is 6.43. The highest BCUT2D eigenvalue weighted by Gasteiger charge is 2.35. The second kappa shape index (κ2) is 8.64. The van der Waals surface area contributed by atoms with Crippen molar-refractivity contribution in [3.8, 4) is 0 Å². The van der Waals surface area contributed by atoms with Crippen LogP contribution in [0.5, 0.6) is 0 Å². The first kappa shape index (κ1) is 20.8. The molecule has 1 aliphatic rings. The normalized spacial score (nSPS) is 18.5. The third kappa shape index (κ3) is 4.40. The zero-order valence-corrected chi connectivity index (χ0v) is 17.7. The van der Waals surface area contributed by atoms with E-state index in [4.69, 9.17) is 11.6 Å². The lowest BCUT2D eigenvalue weighted by molar-refractivity contribution is -0.114. The predicted octanol–water partition coefficient (Wildman–Crippen LogP) is 4.91. The first-order valence-electron chi connectivity index (χ1n) is 9.45. The van der Waals surface area contributed by atoms with Gasteiger partial charge in [-0.25, -0.2) is 8.42 Å². The number of aryl methyl sites for hydroxylation is 1. The molecule has 2 aromatic rings. The fraction of sp³-hybridized carbons (Fsp3) is 0.381. The molecule has 0 radical (unpaired) electrons. The Bertz CT molecular complexity index is 975. The van der Waals surface area contributed by atoms with Gasteiger partial charge in [-0.3, -0.25) is 4.79 Å². The van der Waals surface area contributed by atoms with Crippen molar-refractivity contribution in [3.05, 3.63) is 58.6 Å². The highest BCUT2D eigenvalue weighted by Crippen LogP contribution is 2.39. The van der Waals surface area contributed by atoms with Crippen molar-refractivity contribution >= 4 is 33.2 Å². The second-order valence-corrected chi connectivity index (χ2v) is 9.45. The number of carbonyl (C=O) groups excluding carboxylic acids is 1. The smallest absolute Gasteiger partial charge is 0.245 e. The van der Waals surface area contributed by atoms with Gasteiger partial charge < -0.3 is 5.32 Å². The SMILES string of the molecule is CC(=O)Nc1ccc(C)cc1S(=O)(=O)N1CCCCC[C@H]1c1ccccc1Cl. The van der Waals surface area contributed by atoms with Crippen molar-refractivity contribution < 1.29 is 13.2 Å². The summed E-state index contributed by atoms with van der Waals surface area (Å²) in [6, 6.07) is 12.1. The lowest BCUT2D eigenvalue weighted by atomic mass is 10.0. The number of hydrogen-bond acceptors (Lipinski definition) is 3. The van der Waals surface area contributed by atoms with Crippen LogP contribution < -0.4 is 5.32 Å². The monoisotopic (exact) mass is 420 g/mol. The van der Waals surface area contributed by atoms with Gasteiger partial charge in [-0.05, 0) is 49.1 Å². The molecule has 1 atom stereocenters. The number of anilines is 1. The molecule has 0 saturated carbocycles. The van der Waals surface area contributed by atoms with Crippen molar-refractivity contribution in [3.63, 3.8) is 0 Å². The van der Waals surface area contributed by atoms with E-state index in [1.807, 2.05) is 25.1 Å². The van der Waals surface area contributed by atoms with Gasteiger partial charge in [0.15, 0.2) is 0 Å². The van der Waals surface area contributed by atoms with Crippen LogP contribution in [0.25, 0.3) is 0 Å². The summed E-state index contributed by atoms with van der Waals surface area (Å²) in [5.74, 6) is -0.307. The van der Waals surface area contributed by atoms with Gasteiger partial charge in [0.25, 0.3) is 0 Å². The van der Waals surface area contributed by atoms with Crippen molar-refractivity contribution in [2.45, 2.75) is 50.5 Å². The third-order valence-corrected chi connectivity index (χ3v) is 7.29. The minimum atomic E-state index is -3.84. The molecule has 1 N–H and O–H groups in total. The Hall–Kier alpha value is -1.89. The molecule has 0 spiro atoms. The minimum absolute atomic E-state index is 0.127. The maximum Gasteiger partial charge on any atom is 0.245 e. The van der Waals surface area contributed by atoms with Crippen LogP contribution in [0.4, 0.5) is 5.69 Å². The summed E-state index contributed by atoms with van der Waals surface area (Å²) in [7, 11) is -3.84. The summed E-state index contributed by atoms with van der Waals surface area (Å²) in [6.07, 6.45) is 3.42. The van der Waals surface area contributed by atoms with Crippen LogP contribution in [-0.4, -0.2) is 25.2 Å². The molecule has 0 bridgehead atoms. The molecule has 1 heterocycles. The van der Waals surface area contributed by atoms with Crippen LogP contribution in [-0.2, 0) is 14.8 Å². The number of nitrogens with zero attached hydrogens (tertiary/aromatic N) is 1. The Morgan fingerprint density at radius 3 is 2.61 bits per heavy atom. The van der Waals surface area contributed by atoms with Gasteiger partial charge in [-0.15, -0.1) is 0 Å². The van der Waals surface area contributed by atoms with Crippen LogP contribution in [0.2, 0.25) is 5.02 Å². The van der Waals surface area contributed by atoms with Crippen LogP contribution in [0.15, 0.2) is 47.4 Å². The lowest BCUT2D eigenvalue weighted by Crippen LogP contribution is -2.35. The molecule has 7 heteroatoms. The first-order chi connectivity index (χ1) is 13.3. The van der Waals surface area contributed by atoms with E-state index in [9.17, 15) is 13.2 Å². The molecule has 0 unspecified atom stereocenters. The maximum atomic E-state index is 13.7. The van der Waals surface area contributed by atoms with E-state index >= 15 is 0 Å². The molecule has 5 nitrogen and oxygen atoms in total. The fourth-order valence-electron chi connectivity index (χ4n) is 3.69. The zero-order valence-electron chi connectivity index (χ0n) is 16.1. The number of benzene rings is 2.